The number of carbonyl (C=O) groups excluding carboxylic acids is 1. The summed E-state index contributed by atoms with van der Waals surface area (Å²) in [7, 11) is 0. The maximum atomic E-state index is 13.5. The normalized spacial score (nSPS) is 15.9. The molecule has 1 aromatic heterocycles. The Labute approximate surface area is 175 Å². The van der Waals surface area contributed by atoms with Gasteiger partial charge in [0.15, 0.2) is 5.78 Å². The Morgan fingerprint density at radius 1 is 1.03 bits per heavy atom. The topological polar surface area (TPSA) is 39.2 Å². The molecular formula is C26H35NO2. The predicted octanol–water partition coefficient (Wildman–Crippen LogP) is 6.04. The number of aromatic nitrogens is 1. The van der Waals surface area contributed by atoms with Crippen LogP contribution in [0.1, 0.15) is 88.0 Å². The van der Waals surface area contributed by atoms with Crippen molar-refractivity contribution in [2.45, 2.75) is 83.7 Å². The van der Waals surface area contributed by atoms with Gasteiger partial charge in [-0.05, 0) is 68.7 Å². The number of hydrogen-bond acceptors (Lipinski definition) is 3. The van der Waals surface area contributed by atoms with Crippen molar-refractivity contribution in [3.8, 4) is 0 Å². The van der Waals surface area contributed by atoms with Crippen molar-refractivity contribution in [1.82, 2.24) is 4.98 Å². The molecule has 0 atom stereocenters. The van der Waals surface area contributed by atoms with E-state index < -0.39 is 0 Å². The lowest BCUT2D eigenvalue weighted by Gasteiger charge is -2.26. The molecule has 156 valence electrons. The minimum atomic E-state index is -0.183. The molecule has 1 heterocycles. The third kappa shape index (κ3) is 5.33. The van der Waals surface area contributed by atoms with Gasteiger partial charge in [-0.3, -0.25) is 9.78 Å². The molecule has 0 unspecified atom stereocenters. The van der Waals surface area contributed by atoms with E-state index in [1.807, 2.05) is 30.5 Å². The van der Waals surface area contributed by atoms with E-state index in [-0.39, 0.29) is 22.2 Å². The molecule has 3 rings (SSSR count). The molecule has 0 aliphatic heterocycles. The summed E-state index contributed by atoms with van der Waals surface area (Å²) in [6, 6.07) is 12.2. The van der Waals surface area contributed by atoms with Crippen LogP contribution in [0, 0.1) is 0 Å². The first kappa shape index (κ1) is 21.7. The van der Waals surface area contributed by atoms with Crippen LogP contribution in [0.2, 0.25) is 0 Å². The Morgan fingerprint density at radius 3 is 2.31 bits per heavy atom. The Hall–Kier alpha value is -2.00. The van der Waals surface area contributed by atoms with Crippen molar-refractivity contribution in [3.63, 3.8) is 0 Å². The lowest BCUT2D eigenvalue weighted by Crippen LogP contribution is -2.24. The molecule has 0 saturated heterocycles. The largest absolute Gasteiger partial charge is 0.376 e. The van der Waals surface area contributed by atoms with Crippen molar-refractivity contribution >= 4 is 5.78 Å². The van der Waals surface area contributed by atoms with Gasteiger partial charge in [-0.1, -0.05) is 45.0 Å². The summed E-state index contributed by atoms with van der Waals surface area (Å²) >= 11 is 0. The summed E-state index contributed by atoms with van der Waals surface area (Å²) in [6.07, 6.45) is 5.19. The summed E-state index contributed by atoms with van der Waals surface area (Å²) in [5.74, 6) is 0.227. The first-order valence-electron chi connectivity index (χ1n) is 10.7. The van der Waals surface area contributed by atoms with E-state index in [2.05, 4.69) is 58.7 Å². The highest BCUT2D eigenvalue weighted by atomic mass is 16.5. The SMILES string of the molecule is CC(C)(C)OCCc1c(C(=O)CC2(c3ccccn3)CC2)cccc1C(C)(C)C. The van der Waals surface area contributed by atoms with Crippen LogP contribution in [-0.4, -0.2) is 23.0 Å². The molecular weight excluding hydrogens is 358 g/mol. The molecule has 29 heavy (non-hydrogen) atoms. The van der Waals surface area contributed by atoms with Gasteiger partial charge in [0, 0.05) is 29.3 Å². The van der Waals surface area contributed by atoms with Gasteiger partial charge in [-0.25, -0.2) is 0 Å². The standard InChI is InChI=1S/C26H35NO2/c1-24(2,3)21-11-9-10-20(19(21)13-17-29-25(4,5)6)22(28)18-26(14-15-26)23-12-7-8-16-27-23/h7-12,16H,13-15,17-18H2,1-6H3. The zero-order valence-electron chi connectivity index (χ0n) is 18.8. The van der Waals surface area contributed by atoms with E-state index in [1.165, 1.54) is 5.56 Å². The second-order valence-corrected chi connectivity index (χ2v) is 10.4. The van der Waals surface area contributed by atoms with Gasteiger partial charge in [-0.15, -0.1) is 0 Å². The molecule has 3 nitrogen and oxygen atoms in total. The fourth-order valence-corrected chi connectivity index (χ4v) is 4.03. The molecule has 1 saturated carbocycles. The molecule has 0 N–H and O–H groups in total. The average molecular weight is 394 g/mol. The minimum Gasteiger partial charge on any atom is -0.376 e. The van der Waals surface area contributed by atoms with E-state index in [4.69, 9.17) is 4.74 Å². The average Bonchev–Trinajstić information content (AvgIpc) is 3.41. The van der Waals surface area contributed by atoms with Crippen LogP contribution in [0.5, 0.6) is 0 Å². The van der Waals surface area contributed by atoms with Crippen molar-refractivity contribution in [2.24, 2.45) is 0 Å². The van der Waals surface area contributed by atoms with Crippen LogP contribution in [0.25, 0.3) is 0 Å². The van der Waals surface area contributed by atoms with Crippen molar-refractivity contribution in [3.05, 3.63) is 65.0 Å². The third-order valence-electron chi connectivity index (χ3n) is 5.73. The molecule has 0 bridgehead atoms. The molecule has 1 aliphatic carbocycles. The zero-order chi connectivity index (χ0) is 21.3. The van der Waals surface area contributed by atoms with E-state index in [9.17, 15) is 4.79 Å². The Morgan fingerprint density at radius 2 is 1.76 bits per heavy atom. The number of Topliss-reactive ketones (excluding diaryl/α,β-unsaturated/α-hetero) is 1. The number of hydrogen-bond donors (Lipinski definition) is 0. The number of rotatable bonds is 7. The quantitative estimate of drug-likeness (QED) is 0.538. The van der Waals surface area contributed by atoms with Crippen LogP contribution in [0.3, 0.4) is 0 Å². The lowest BCUT2D eigenvalue weighted by molar-refractivity contribution is -0.00111. The fraction of sp³-hybridized carbons (Fsp3) is 0.538. The molecule has 0 radical (unpaired) electrons. The van der Waals surface area contributed by atoms with Crippen molar-refractivity contribution in [1.29, 1.82) is 0 Å². The van der Waals surface area contributed by atoms with Crippen molar-refractivity contribution < 1.29 is 9.53 Å². The lowest BCUT2D eigenvalue weighted by atomic mass is 9.79. The number of pyridine rings is 1. The summed E-state index contributed by atoms with van der Waals surface area (Å²) in [5.41, 5.74) is 4.02. The van der Waals surface area contributed by atoms with Gasteiger partial charge in [0.1, 0.15) is 0 Å². The fourth-order valence-electron chi connectivity index (χ4n) is 4.03. The number of benzene rings is 1. The van der Waals surface area contributed by atoms with Crippen LogP contribution < -0.4 is 0 Å². The van der Waals surface area contributed by atoms with Crippen LogP contribution in [0.15, 0.2) is 42.6 Å². The smallest absolute Gasteiger partial charge is 0.164 e. The van der Waals surface area contributed by atoms with Gasteiger partial charge in [0.2, 0.25) is 0 Å². The highest BCUT2D eigenvalue weighted by Gasteiger charge is 2.47. The van der Waals surface area contributed by atoms with Gasteiger partial charge in [0.05, 0.1) is 12.2 Å². The van der Waals surface area contributed by atoms with Gasteiger partial charge < -0.3 is 4.74 Å². The number of ether oxygens (including phenoxy) is 1. The Bertz CT molecular complexity index is 853. The highest BCUT2D eigenvalue weighted by molar-refractivity contribution is 5.99. The molecule has 1 aromatic carbocycles. The third-order valence-corrected chi connectivity index (χ3v) is 5.73. The molecule has 0 spiro atoms. The number of nitrogens with zero attached hydrogens (tertiary/aromatic N) is 1. The van der Waals surface area contributed by atoms with Crippen LogP contribution in [-0.2, 0) is 22.0 Å². The first-order valence-corrected chi connectivity index (χ1v) is 10.7. The second-order valence-electron chi connectivity index (χ2n) is 10.4. The van der Waals surface area contributed by atoms with E-state index >= 15 is 0 Å². The zero-order valence-corrected chi connectivity index (χ0v) is 18.8. The molecule has 3 heteroatoms. The maximum Gasteiger partial charge on any atom is 0.164 e. The van der Waals surface area contributed by atoms with Gasteiger partial charge in [-0.2, -0.15) is 0 Å². The van der Waals surface area contributed by atoms with E-state index in [0.717, 1.165) is 36.1 Å². The van der Waals surface area contributed by atoms with Crippen LogP contribution >= 0.6 is 0 Å². The molecule has 1 aliphatic rings. The summed E-state index contributed by atoms with van der Waals surface area (Å²) in [5, 5.41) is 0. The highest BCUT2D eigenvalue weighted by Crippen LogP contribution is 2.51. The molecule has 2 aromatic rings. The van der Waals surface area contributed by atoms with Gasteiger partial charge in [0.25, 0.3) is 0 Å². The van der Waals surface area contributed by atoms with E-state index in [1.54, 1.807) is 0 Å². The number of ketones is 1. The first-order chi connectivity index (χ1) is 13.5. The Kier molecular flexibility index (Phi) is 6.01. The predicted molar refractivity (Wildman–Crippen MR) is 119 cm³/mol. The summed E-state index contributed by atoms with van der Waals surface area (Å²) in [4.78, 5) is 18.0. The van der Waals surface area contributed by atoms with Crippen molar-refractivity contribution in [2.75, 3.05) is 6.61 Å². The van der Waals surface area contributed by atoms with Crippen LogP contribution in [0.4, 0.5) is 0 Å². The van der Waals surface area contributed by atoms with E-state index in [0.29, 0.717) is 13.0 Å². The monoisotopic (exact) mass is 393 g/mol. The minimum absolute atomic E-state index is 0.0222. The Balaban J connectivity index is 1.88. The summed E-state index contributed by atoms with van der Waals surface area (Å²) in [6.45, 7) is 13.4. The summed E-state index contributed by atoms with van der Waals surface area (Å²) < 4.78 is 6.00. The molecule has 1 fully saturated rings. The number of carbonyl (C=O) groups is 1. The maximum absolute atomic E-state index is 13.5. The molecule has 0 amide bonds. The second kappa shape index (κ2) is 8.02. The van der Waals surface area contributed by atoms with Gasteiger partial charge >= 0.3 is 0 Å².